The molecule has 0 unspecified atom stereocenters. The number of benzene rings is 2. The molecule has 0 fully saturated rings. The van der Waals surface area contributed by atoms with Crippen molar-refractivity contribution in [2.24, 2.45) is 0 Å². The molecule has 0 atom stereocenters. The van der Waals surface area contributed by atoms with Crippen molar-refractivity contribution >= 4 is 27.2 Å². The van der Waals surface area contributed by atoms with Crippen LogP contribution in [-0.2, 0) is 6.42 Å². The van der Waals surface area contributed by atoms with Gasteiger partial charge in [-0.2, -0.15) is 0 Å². The molecule has 0 spiro atoms. The molecule has 0 aliphatic heterocycles. The van der Waals surface area contributed by atoms with Gasteiger partial charge in [-0.05, 0) is 54.3 Å². The van der Waals surface area contributed by atoms with Crippen LogP contribution in [0.15, 0.2) is 41.8 Å². The maximum Gasteiger partial charge on any atom is 0.167 e. The van der Waals surface area contributed by atoms with Gasteiger partial charge in [0.2, 0.25) is 0 Å². The molecule has 0 saturated heterocycles. The van der Waals surface area contributed by atoms with Crippen molar-refractivity contribution in [3.8, 4) is 0 Å². The van der Waals surface area contributed by atoms with Gasteiger partial charge in [-0.25, -0.2) is 0 Å². The average Bonchev–Trinajstić information content (AvgIpc) is 2.81. The second-order valence-electron chi connectivity index (χ2n) is 5.63. The molecule has 1 nitrogen and oxygen atoms in total. The highest BCUT2D eigenvalue weighted by molar-refractivity contribution is 7.17. The van der Waals surface area contributed by atoms with E-state index in [-0.39, 0.29) is 5.78 Å². The molecule has 21 heavy (non-hydrogen) atoms. The molecule has 0 radical (unpaired) electrons. The van der Waals surface area contributed by atoms with Crippen LogP contribution in [0.25, 0.3) is 10.1 Å². The molecule has 0 N–H and O–H groups in total. The Morgan fingerprint density at radius 3 is 2.43 bits per heavy atom. The predicted octanol–water partition coefficient (Wildman–Crippen LogP) is 5.25. The Kier molecular flexibility index (Phi) is 3.64. The van der Waals surface area contributed by atoms with Crippen LogP contribution in [0.3, 0.4) is 0 Å². The standard InChI is InChI=1S/C19H18OS/c1-12-8-13(2)19(14(3)9-12)17(20)10-15-11-21-18-7-5-4-6-16(15)18/h4-9,11H,10H2,1-3H3. The quantitative estimate of drug-likeness (QED) is 0.603. The Balaban J connectivity index is 1.97. The lowest BCUT2D eigenvalue weighted by atomic mass is 9.93. The zero-order valence-corrected chi connectivity index (χ0v) is 13.4. The van der Waals surface area contributed by atoms with Gasteiger partial charge < -0.3 is 0 Å². The first-order chi connectivity index (χ1) is 10.1. The van der Waals surface area contributed by atoms with Crippen LogP contribution in [0.4, 0.5) is 0 Å². The molecular weight excluding hydrogens is 276 g/mol. The highest BCUT2D eigenvalue weighted by Gasteiger charge is 2.15. The van der Waals surface area contributed by atoms with Crippen LogP contribution in [-0.4, -0.2) is 5.78 Å². The first kappa shape index (κ1) is 14.0. The highest BCUT2D eigenvalue weighted by Crippen LogP contribution is 2.27. The number of hydrogen-bond acceptors (Lipinski definition) is 2. The van der Waals surface area contributed by atoms with Gasteiger partial charge in [0.1, 0.15) is 0 Å². The molecule has 2 heteroatoms. The summed E-state index contributed by atoms with van der Waals surface area (Å²) in [6.45, 7) is 6.12. The Morgan fingerprint density at radius 2 is 1.71 bits per heavy atom. The number of carbonyl (C=O) groups is 1. The van der Waals surface area contributed by atoms with E-state index in [2.05, 4.69) is 36.6 Å². The van der Waals surface area contributed by atoms with Crippen LogP contribution in [0.1, 0.15) is 32.6 Å². The minimum atomic E-state index is 0.216. The lowest BCUT2D eigenvalue weighted by molar-refractivity contribution is 0.0992. The summed E-state index contributed by atoms with van der Waals surface area (Å²) < 4.78 is 1.25. The maximum atomic E-state index is 12.7. The smallest absolute Gasteiger partial charge is 0.167 e. The van der Waals surface area contributed by atoms with E-state index in [4.69, 9.17) is 0 Å². The first-order valence-corrected chi connectivity index (χ1v) is 8.00. The van der Waals surface area contributed by atoms with Crippen LogP contribution in [0.5, 0.6) is 0 Å². The second-order valence-corrected chi connectivity index (χ2v) is 6.54. The average molecular weight is 294 g/mol. The Bertz CT molecular complexity index is 803. The fourth-order valence-electron chi connectivity index (χ4n) is 3.05. The van der Waals surface area contributed by atoms with E-state index < -0.39 is 0 Å². The van der Waals surface area contributed by atoms with Crippen molar-refractivity contribution in [1.82, 2.24) is 0 Å². The third-order valence-electron chi connectivity index (χ3n) is 3.87. The molecule has 2 aromatic carbocycles. The minimum absolute atomic E-state index is 0.216. The molecule has 3 aromatic rings. The number of rotatable bonds is 3. The Labute approximate surface area is 129 Å². The number of aryl methyl sites for hydroxylation is 3. The number of thiophene rings is 1. The van der Waals surface area contributed by atoms with E-state index in [9.17, 15) is 4.79 Å². The molecule has 0 saturated carbocycles. The third-order valence-corrected chi connectivity index (χ3v) is 4.88. The van der Waals surface area contributed by atoms with Gasteiger partial charge in [-0.3, -0.25) is 4.79 Å². The van der Waals surface area contributed by atoms with Gasteiger partial charge in [-0.1, -0.05) is 35.9 Å². The van der Waals surface area contributed by atoms with Crippen molar-refractivity contribution in [3.63, 3.8) is 0 Å². The van der Waals surface area contributed by atoms with Crippen LogP contribution in [0, 0.1) is 20.8 Å². The molecule has 106 valence electrons. The summed E-state index contributed by atoms with van der Waals surface area (Å²) in [6, 6.07) is 12.5. The lowest BCUT2D eigenvalue weighted by Crippen LogP contribution is -2.08. The van der Waals surface area contributed by atoms with Crippen LogP contribution < -0.4 is 0 Å². The van der Waals surface area contributed by atoms with Gasteiger partial charge in [0.25, 0.3) is 0 Å². The number of carbonyl (C=O) groups excluding carboxylic acids is 1. The largest absolute Gasteiger partial charge is 0.294 e. The van der Waals surface area contributed by atoms with Crippen LogP contribution in [0.2, 0.25) is 0 Å². The van der Waals surface area contributed by atoms with E-state index in [1.54, 1.807) is 11.3 Å². The van der Waals surface area contributed by atoms with E-state index in [0.717, 1.165) is 22.3 Å². The van der Waals surface area contributed by atoms with Gasteiger partial charge in [-0.15, -0.1) is 11.3 Å². The second kappa shape index (κ2) is 5.45. The molecule has 0 aliphatic carbocycles. The third kappa shape index (κ3) is 2.64. The number of Topliss-reactive ketones (excluding diaryl/α,β-unsaturated/α-hetero) is 1. The van der Waals surface area contributed by atoms with Crippen LogP contribution >= 0.6 is 11.3 Å². The monoisotopic (exact) mass is 294 g/mol. The van der Waals surface area contributed by atoms with E-state index in [1.807, 2.05) is 26.0 Å². The molecular formula is C19H18OS. The zero-order chi connectivity index (χ0) is 15.0. The summed E-state index contributed by atoms with van der Waals surface area (Å²) in [5.41, 5.74) is 5.40. The van der Waals surface area contributed by atoms with Gasteiger partial charge in [0, 0.05) is 16.7 Å². The summed E-state index contributed by atoms with van der Waals surface area (Å²) in [7, 11) is 0. The first-order valence-electron chi connectivity index (χ1n) is 7.12. The number of ketones is 1. The summed E-state index contributed by atoms with van der Waals surface area (Å²) in [6.07, 6.45) is 0.481. The minimum Gasteiger partial charge on any atom is -0.294 e. The van der Waals surface area contributed by atoms with Gasteiger partial charge in [0.15, 0.2) is 5.78 Å². The molecule has 1 aromatic heterocycles. The van der Waals surface area contributed by atoms with Crippen molar-refractivity contribution in [2.75, 3.05) is 0 Å². The van der Waals surface area contributed by atoms with Crippen molar-refractivity contribution in [2.45, 2.75) is 27.2 Å². The molecule has 0 bridgehead atoms. The molecule has 0 aliphatic rings. The van der Waals surface area contributed by atoms with Crippen molar-refractivity contribution in [3.05, 3.63) is 69.6 Å². The van der Waals surface area contributed by atoms with Gasteiger partial charge in [0.05, 0.1) is 0 Å². The molecule has 0 amide bonds. The van der Waals surface area contributed by atoms with E-state index in [1.165, 1.54) is 15.6 Å². The maximum absolute atomic E-state index is 12.7. The molecule has 3 rings (SSSR count). The fourth-order valence-corrected chi connectivity index (χ4v) is 4.01. The normalized spacial score (nSPS) is 11.0. The Hall–Kier alpha value is -1.93. The highest BCUT2D eigenvalue weighted by atomic mass is 32.1. The predicted molar refractivity (Wildman–Crippen MR) is 90.5 cm³/mol. The summed E-state index contributed by atoms with van der Waals surface area (Å²) >= 11 is 1.71. The number of fused-ring (bicyclic) bond motifs is 1. The summed E-state index contributed by atoms with van der Waals surface area (Å²) in [5.74, 6) is 0.216. The zero-order valence-electron chi connectivity index (χ0n) is 12.6. The topological polar surface area (TPSA) is 17.1 Å². The fraction of sp³-hybridized carbons (Fsp3) is 0.211. The summed E-state index contributed by atoms with van der Waals surface area (Å²) in [5, 5.41) is 3.32. The molecule has 1 heterocycles. The van der Waals surface area contributed by atoms with Crippen molar-refractivity contribution < 1.29 is 4.79 Å². The lowest BCUT2D eigenvalue weighted by Gasteiger charge is -2.10. The SMILES string of the molecule is Cc1cc(C)c(C(=O)Cc2csc3ccccc23)c(C)c1. The van der Waals surface area contributed by atoms with Gasteiger partial charge >= 0.3 is 0 Å². The van der Waals surface area contributed by atoms with E-state index in [0.29, 0.717) is 6.42 Å². The number of hydrogen-bond donors (Lipinski definition) is 0. The summed E-state index contributed by atoms with van der Waals surface area (Å²) in [4.78, 5) is 12.7. The Morgan fingerprint density at radius 1 is 1.05 bits per heavy atom. The van der Waals surface area contributed by atoms with Crippen molar-refractivity contribution in [1.29, 1.82) is 0 Å². The van der Waals surface area contributed by atoms with E-state index >= 15 is 0 Å².